The summed E-state index contributed by atoms with van der Waals surface area (Å²) in [6, 6.07) is 32.8. The van der Waals surface area contributed by atoms with Gasteiger partial charge in [-0.15, -0.1) is 10.2 Å². The molecule has 8 nitrogen and oxygen atoms in total. The maximum absolute atomic E-state index is 6.31. The lowest BCUT2D eigenvalue weighted by atomic mass is 10.2. The third-order valence-corrected chi connectivity index (χ3v) is 8.70. The van der Waals surface area contributed by atoms with Gasteiger partial charge in [0.05, 0.1) is 13.1 Å². The minimum absolute atomic E-state index is 0.704. The fourth-order valence-corrected chi connectivity index (χ4v) is 6.16. The van der Waals surface area contributed by atoms with Gasteiger partial charge in [-0.3, -0.25) is 0 Å². The number of fused-ring (bicyclic) bond motifs is 2. The van der Waals surface area contributed by atoms with Crippen molar-refractivity contribution in [1.82, 2.24) is 38.7 Å². The second-order valence-electron chi connectivity index (χ2n) is 11.0. The lowest BCUT2D eigenvalue weighted by Gasteiger charge is -2.07. The predicted octanol–water partition coefficient (Wildman–Crippen LogP) is 7.97. The van der Waals surface area contributed by atoms with Crippen molar-refractivity contribution in [2.45, 2.75) is 26.2 Å². The number of hydrogen-bond donors (Lipinski definition) is 0. The summed E-state index contributed by atoms with van der Waals surface area (Å²) in [6.07, 6.45) is 11.1. The van der Waals surface area contributed by atoms with Crippen LogP contribution in [0, 0.1) is 0 Å². The van der Waals surface area contributed by atoms with Gasteiger partial charge in [-0.05, 0) is 46.5 Å². The van der Waals surface area contributed by atoms with Crippen LogP contribution in [0.4, 0.5) is 0 Å². The molecule has 0 atom stereocenters. The van der Waals surface area contributed by atoms with Crippen LogP contribution in [-0.2, 0) is 26.2 Å². The third-order valence-electron chi connectivity index (χ3n) is 7.96. The molecule has 0 saturated heterocycles. The lowest BCUT2D eigenvalue weighted by molar-refractivity contribution is 0.684. The van der Waals surface area contributed by atoms with Crippen molar-refractivity contribution in [2.75, 3.05) is 0 Å². The number of para-hydroxylation sites is 2. The van der Waals surface area contributed by atoms with E-state index in [1.54, 1.807) is 25.3 Å². The maximum atomic E-state index is 6.31. The average Bonchev–Trinajstić information content (AvgIpc) is 3.90. The molecule has 4 aromatic heterocycles. The molecule has 4 aromatic carbocycles. The Kier molecular flexibility index (Phi) is 8.63. The standard InChI is InChI=1S/2C18H15ClN4/c19-17-7-3-1-5-14(17)10-23-11-15(9-22-12-20-21-13-22)16-6-2-4-8-18(16)23;19-17-7-3-1-5-14(17)9-22-10-15(11-23-13-20-12-21-23)16-6-2-4-8-18(16)22/h1-8,11-13H,9-10H2;1-8,10,12-13H,9,11H2. The molecular weight excluding hydrogens is 615 g/mol. The summed E-state index contributed by atoms with van der Waals surface area (Å²) in [5, 5.41) is 16.0. The highest BCUT2D eigenvalue weighted by molar-refractivity contribution is 6.31. The summed E-state index contributed by atoms with van der Waals surface area (Å²) in [5.74, 6) is 0. The number of nitrogens with zero attached hydrogens (tertiary/aromatic N) is 8. The Labute approximate surface area is 276 Å². The number of hydrogen-bond acceptors (Lipinski definition) is 4. The molecule has 46 heavy (non-hydrogen) atoms. The molecule has 0 aliphatic heterocycles. The smallest absolute Gasteiger partial charge is 0.137 e. The Morgan fingerprint density at radius 3 is 1.52 bits per heavy atom. The quantitative estimate of drug-likeness (QED) is 0.168. The van der Waals surface area contributed by atoms with Gasteiger partial charge in [0.15, 0.2) is 0 Å². The van der Waals surface area contributed by atoms with E-state index in [1.165, 1.54) is 32.9 Å². The first-order valence-electron chi connectivity index (χ1n) is 14.9. The van der Waals surface area contributed by atoms with Crippen LogP contribution < -0.4 is 0 Å². The van der Waals surface area contributed by atoms with Crippen molar-refractivity contribution >= 4 is 45.0 Å². The molecule has 0 amide bonds. The molecule has 0 N–H and O–H groups in total. The van der Waals surface area contributed by atoms with E-state index < -0.39 is 0 Å². The van der Waals surface area contributed by atoms with E-state index in [0.29, 0.717) is 6.54 Å². The van der Waals surface area contributed by atoms with E-state index in [-0.39, 0.29) is 0 Å². The normalized spacial score (nSPS) is 11.2. The van der Waals surface area contributed by atoms with E-state index >= 15 is 0 Å². The first kappa shape index (κ1) is 29.5. The molecule has 8 rings (SSSR count). The van der Waals surface area contributed by atoms with Crippen LogP contribution in [0.3, 0.4) is 0 Å². The molecule has 0 aliphatic carbocycles. The van der Waals surface area contributed by atoms with Gasteiger partial charge in [0, 0.05) is 57.3 Å². The number of benzene rings is 4. The van der Waals surface area contributed by atoms with Crippen LogP contribution >= 0.6 is 23.2 Å². The summed E-state index contributed by atoms with van der Waals surface area (Å²) < 4.78 is 8.29. The molecule has 4 heterocycles. The average molecular weight is 646 g/mol. The Morgan fingerprint density at radius 2 is 1.00 bits per heavy atom. The van der Waals surface area contributed by atoms with Gasteiger partial charge in [-0.25, -0.2) is 9.67 Å². The van der Waals surface area contributed by atoms with E-state index in [0.717, 1.165) is 40.8 Å². The monoisotopic (exact) mass is 644 g/mol. The minimum Gasteiger partial charge on any atom is -0.343 e. The van der Waals surface area contributed by atoms with Crippen molar-refractivity contribution in [2.24, 2.45) is 0 Å². The zero-order valence-corrected chi connectivity index (χ0v) is 26.4. The molecule has 0 fully saturated rings. The van der Waals surface area contributed by atoms with Gasteiger partial charge in [0.2, 0.25) is 0 Å². The highest BCUT2D eigenvalue weighted by Gasteiger charge is 2.12. The Balaban J connectivity index is 0.000000147. The second-order valence-corrected chi connectivity index (χ2v) is 11.8. The van der Waals surface area contributed by atoms with Crippen molar-refractivity contribution in [3.8, 4) is 0 Å². The molecule has 0 spiro atoms. The van der Waals surface area contributed by atoms with E-state index in [1.807, 2.05) is 45.6 Å². The zero-order valence-electron chi connectivity index (χ0n) is 24.9. The maximum Gasteiger partial charge on any atom is 0.137 e. The summed E-state index contributed by atoms with van der Waals surface area (Å²) in [7, 11) is 0. The summed E-state index contributed by atoms with van der Waals surface area (Å²) in [4.78, 5) is 4.01. The van der Waals surface area contributed by atoms with Crippen molar-refractivity contribution in [1.29, 1.82) is 0 Å². The van der Waals surface area contributed by atoms with Crippen LogP contribution in [0.2, 0.25) is 10.0 Å². The fraction of sp³-hybridized carbons (Fsp3) is 0.111. The van der Waals surface area contributed by atoms with Crippen molar-refractivity contribution in [3.05, 3.63) is 167 Å². The van der Waals surface area contributed by atoms with Gasteiger partial charge in [-0.2, -0.15) is 5.10 Å². The van der Waals surface area contributed by atoms with Crippen LogP contribution in [0.25, 0.3) is 21.8 Å². The topological polar surface area (TPSA) is 71.3 Å². The first-order valence-corrected chi connectivity index (χ1v) is 15.6. The largest absolute Gasteiger partial charge is 0.343 e. The second kappa shape index (κ2) is 13.4. The minimum atomic E-state index is 0.704. The summed E-state index contributed by atoms with van der Waals surface area (Å²) in [6.45, 7) is 2.96. The van der Waals surface area contributed by atoms with Gasteiger partial charge < -0.3 is 13.7 Å². The van der Waals surface area contributed by atoms with Crippen molar-refractivity contribution in [3.63, 3.8) is 0 Å². The highest BCUT2D eigenvalue weighted by atomic mass is 35.5. The number of aromatic nitrogens is 8. The molecule has 10 heteroatoms. The summed E-state index contributed by atoms with van der Waals surface area (Å²) >= 11 is 12.6. The predicted molar refractivity (Wildman–Crippen MR) is 183 cm³/mol. The zero-order chi connectivity index (χ0) is 31.3. The molecule has 0 unspecified atom stereocenters. The van der Waals surface area contributed by atoms with E-state index in [2.05, 4.69) is 102 Å². The fourth-order valence-electron chi connectivity index (χ4n) is 5.77. The van der Waals surface area contributed by atoms with E-state index in [4.69, 9.17) is 23.2 Å². The number of rotatable bonds is 8. The number of halogens is 2. The molecule has 228 valence electrons. The molecule has 0 bridgehead atoms. The SMILES string of the molecule is Clc1ccccc1Cn1cc(Cn2cncn2)c2ccccc21.Clc1ccccc1Cn1cc(Cn2cnnc2)c2ccccc21. The molecule has 8 aromatic rings. The van der Waals surface area contributed by atoms with Gasteiger partial charge in [-0.1, -0.05) is 96.0 Å². The lowest BCUT2D eigenvalue weighted by Crippen LogP contribution is -2.00. The van der Waals surface area contributed by atoms with Crippen LogP contribution in [-0.4, -0.2) is 38.7 Å². The van der Waals surface area contributed by atoms with Crippen LogP contribution in [0.15, 0.2) is 135 Å². The van der Waals surface area contributed by atoms with Gasteiger partial charge >= 0.3 is 0 Å². The summed E-state index contributed by atoms with van der Waals surface area (Å²) in [5.41, 5.74) is 7.09. The third kappa shape index (κ3) is 6.44. The molecular formula is C36H30Cl2N8. The Morgan fingerprint density at radius 1 is 0.500 bits per heavy atom. The van der Waals surface area contributed by atoms with Gasteiger partial charge in [0.25, 0.3) is 0 Å². The van der Waals surface area contributed by atoms with Crippen LogP contribution in [0.1, 0.15) is 22.3 Å². The van der Waals surface area contributed by atoms with E-state index in [9.17, 15) is 0 Å². The van der Waals surface area contributed by atoms with Crippen molar-refractivity contribution < 1.29 is 0 Å². The highest BCUT2D eigenvalue weighted by Crippen LogP contribution is 2.26. The molecule has 0 radical (unpaired) electrons. The Bertz CT molecular complexity index is 2040. The first-order chi connectivity index (χ1) is 22.6. The molecule has 0 aliphatic rings. The van der Waals surface area contributed by atoms with Gasteiger partial charge in [0.1, 0.15) is 25.3 Å². The Hall–Kier alpha value is -5.18. The molecule has 0 saturated carbocycles. The van der Waals surface area contributed by atoms with Crippen LogP contribution in [0.5, 0.6) is 0 Å².